The molecule has 0 aliphatic carbocycles. The van der Waals surface area contributed by atoms with Crippen LogP contribution in [0.5, 0.6) is 0 Å². The van der Waals surface area contributed by atoms with Crippen molar-refractivity contribution in [3.63, 3.8) is 0 Å². The Labute approximate surface area is 119 Å². The highest BCUT2D eigenvalue weighted by Crippen LogP contribution is 2.17. The third kappa shape index (κ3) is 3.18. The minimum absolute atomic E-state index is 0.189. The predicted octanol–water partition coefficient (Wildman–Crippen LogP) is 2.36. The summed E-state index contributed by atoms with van der Waals surface area (Å²) in [5, 5.41) is 0. The van der Waals surface area contributed by atoms with Crippen molar-refractivity contribution >= 4 is 15.7 Å². The van der Waals surface area contributed by atoms with Crippen molar-refractivity contribution in [2.75, 3.05) is 5.73 Å². The standard InChI is InChI=1S/C15H18N2O2S/c1-11-5-3-4-6-13(11)10-17-20(18,19)14-8-7-12(2)15(16)9-14/h3-9,17H,10,16H2,1-2H3. The van der Waals surface area contributed by atoms with Gasteiger partial charge in [0.2, 0.25) is 10.0 Å². The summed E-state index contributed by atoms with van der Waals surface area (Å²) in [6.45, 7) is 4.06. The van der Waals surface area contributed by atoms with Gasteiger partial charge in [-0.1, -0.05) is 30.3 Å². The second-order valence-electron chi connectivity index (χ2n) is 4.77. The lowest BCUT2D eigenvalue weighted by Gasteiger charge is -2.10. The van der Waals surface area contributed by atoms with E-state index in [1.54, 1.807) is 12.1 Å². The third-order valence-corrected chi connectivity index (χ3v) is 4.67. The van der Waals surface area contributed by atoms with Crippen molar-refractivity contribution in [2.45, 2.75) is 25.3 Å². The van der Waals surface area contributed by atoms with E-state index in [2.05, 4.69) is 4.72 Å². The minimum Gasteiger partial charge on any atom is -0.398 e. The van der Waals surface area contributed by atoms with E-state index in [0.717, 1.165) is 16.7 Å². The van der Waals surface area contributed by atoms with Crippen LogP contribution in [-0.2, 0) is 16.6 Å². The lowest BCUT2D eigenvalue weighted by Crippen LogP contribution is -2.23. The summed E-state index contributed by atoms with van der Waals surface area (Å²) in [7, 11) is -3.54. The number of hydrogen-bond acceptors (Lipinski definition) is 3. The lowest BCUT2D eigenvalue weighted by molar-refractivity contribution is 0.581. The molecule has 0 aromatic heterocycles. The van der Waals surface area contributed by atoms with Crippen LogP contribution >= 0.6 is 0 Å². The Kier molecular flexibility index (Phi) is 4.11. The van der Waals surface area contributed by atoms with Gasteiger partial charge in [0.05, 0.1) is 4.90 Å². The lowest BCUT2D eigenvalue weighted by atomic mass is 10.1. The maximum atomic E-state index is 12.2. The van der Waals surface area contributed by atoms with Gasteiger partial charge in [0.1, 0.15) is 0 Å². The summed E-state index contributed by atoms with van der Waals surface area (Å²) >= 11 is 0. The number of benzene rings is 2. The van der Waals surface area contributed by atoms with Crippen LogP contribution in [0, 0.1) is 13.8 Å². The Bertz CT molecular complexity index is 724. The normalized spacial score (nSPS) is 11.5. The van der Waals surface area contributed by atoms with Crippen LogP contribution in [0.2, 0.25) is 0 Å². The van der Waals surface area contributed by atoms with E-state index >= 15 is 0 Å². The number of hydrogen-bond donors (Lipinski definition) is 2. The monoisotopic (exact) mass is 290 g/mol. The van der Waals surface area contributed by atoms with Crippen molar-refractivity contribution in [3.05, 3.63) is 59.2 Å². The average Bonchev–Trinajstić information content (AvgIpc) is 2.41. The number of nitrogens with one attached hydrogen (secondary N) is 1. The van der Waals surface area contributed by atoms with E-state index in [1.165, 1.54) is 6.07 Å². The molecule has 0 bridgehead atoms. The molecule has 0 unspecified atom stereocenters. The molecule has 0 aliphatic rings. The summed E-state index contributed by atoms with van der Waals surface area (Å²) in [5.41, 5.74) is 9.11. The molecule has 0 radical (unpaired) electrons. The zero-order chi connectivity index (χ0) is 14.8. The molecule has 0 atom stereocenters. The van der Waals surface area contributed by atoms with E-state index in [0.29, 0.717) is 5.69 Å². The van der Waals surface area contributed by atoms with Gasteiger partial charge in [-0.3, -0.25) is 0 Å². The molecule has 2 aromatic carbocycles. The Hall–Kier alpha value is -1.85. The van der Waals surface area contributed by atoms with E-state index in [1.807, 2.05) is 38.1 Å². The molecule has 0 saturated heterocycles. The third-order valence-electron chi connectivity index (χ3n) is 3.27. The molecule has 2 rings (SSSR count). The summed E-state index contributed by atoms with van der Waals surface area (Å²) in [5.74, 6) is 0. The number of anilines is 1. The predicted molar refractivity (Wildman–Crippen MR) is 80.8 cm³/mol. The number of nitrogen functional groups attached to an aromatic ring is 1. The molecule has 4 nitrogen and oxygen atoms in total. The second-order valence-corrected chi connectivity index (χ2v) is 6.54. The molecule has 0 spiro atoms. The topological polar surface area (TPSA) is 72.2 Å². The van der Waals surface area contributed by atoms with Crippen molar-refractivity contribution in [1.82, 2.24) is 4.72 Å². The number of rotatable bonds is 4. The first-order valence-electron chi connectivity index (χ1n) is 6.30. The van der Waals surface area contributed by atoms with Gasteiger partial charge in [-0.05, 0) is 42.7 Å². The molecule has 0 heterocycles. The quantitative estimate of drug-likeness (QED) is 0.849. The summed E-state index contributed by atoms with van der Waals surface area (Å²) in [6.07, 6.45) is 0. The second kappa shape index (κ2) is 5.64. The fourth-order valence-electron chi connectivity index (χ4n) is 1.85. The maximum absolute atomic E-state index is 12.2. The molecule has 0 aliphatic heterocycles. The van der Waals surface area contributed by atoms with Gasteiger partial charge in [-0.25, -0.2) is 13.1 Å². The van der Waals surface area contributed by atoms with Crippen LogP contribution < -0.4 is 10.5 Å². The smallest absolute Gasteiger partial charge is 0.240 e. The van der Waals surface area contributed by atoms with Crippen LogP contribution in [0.25, 0.3) is 0 Å². The van der Waals surface area contributed by atoms with E-state index in [4.69, 9.17) is 5.73 Å². The molecule has 0 fully saturated rings. The van der Waals surface area contributed by atoms with E-state index < -0.39 is 10.0 Å². The van der Waals surface area contributed by atoms with E-state index in [-0.39, 0.29) is 11.4 Å². The van der Waals surface area contributed by atoms with Gasteiger partial charge in [0, 0.05) is 12.2 Å². The molecular formula is C15H18N2O2S. The van der Waals surface area contributed by atoms with Crippen LogP contribution in [0.3, 0.4) is 0 Å². The maximum Gasteiger partial charge on any atom is 0.240 e. The van der Waals surface area contributed by atoms with E-state index in [9.17, 15) is 8.42 Å². The average molecular weight is 290 g/mol. The molecule has 2 aromatic rings. The van der Waals surface area contributed by atoms with Gasteiger partial charge in [-0.2, -0.15) is 0 Å². The summed E-state index contributed by atoms with van der Waals surface area (Å²) < 4.78 is 27.0. The highest BCUT2D eigenvalue weighted by atomic mass is 32.2. The van der Waals surface area contributed by atoms with Gasteiger partial charge in [-0.15, -0.1) is 0 Å². The largest absolute Gasteiger partial charge is 0.398 e. The summed E-state index contributed by atoms with van der Waals surface area (Å²) in [6, 6.07) is 12.4. The van der Waals surface area contributed by atoms with Crippen LogP contribution in [0.1, 0.15) is 16.7 Å². The molecule has 0 saturated carbocycles. The zero-order valence-electron chi connectivity index (χ0n) is 11.6. The first kappa shape index (κ1) is 14.6. The minimum atomic E-state index is -3.54. The van der Waals surface area contributed by atoms with Crippen molar-refractivity contribution in [3.8, 4) is 0 Å². The molecular weight excluding hydrogens is 272 g/mol. The van der Waals surface area contributed by atoms with Crippen molar-refractivity contribution in [1.29, 1.82) is 0 Å². The van der Waals surface area contributed by atoms with Gasteiger partial charge >= 0.3 is 0 Å². The van der Waals surface area contributed by atoms with Crippen molar-refractivity contribution in [2.24, 2.45) is 0 Å². The Balaban J connectivity index is 2.19. The molecule has 106 valence electrons. The van der Waals surface area contributed by atoms with Crippen LogP contribution in [0.4, 0.5) is 5.69 Å². The molecule has 0 amide bonds. The Morgan fingerprint density at radius 1 is 1.05 bits per heavy atom. The highest BCUT2D eigenvalue weighted by molar-refractivity contribution is 7.89. The van der Waals surface area contributed by atoms with Gasteiger partial charge in [0.25, 0.3) is 0 Å². The molecule has 20 heavy (non-hydrogen) atoms. The Morgan fingerprint density at radius 2 is 1.75 bits per heavy atom. The molecule has 3 N–H and O–H groups in total. The first-order chi connectivity index (χ1) is 9.40. The van der Waals surface area contributed by atoms with Crippen LogP contribution in [0.15, 0.2) is 47.4 Å². The van der Waals surface area contributed by atoms with Crippen LogP contribution in [-0.4, -0.2) is 8.42 Å². The number of nitrogens with two attached hydrogens (primary N) is 1. The highest BCUT2D eigenvalue weighted by Gasteiger charge is 2.14. The Morgan fingerprint density at radius 3 is 2.40 bits per heavy atom. The number of sulfonamides is 1. The van der Waals surface area contributed by atoms with Gasteiger partial charge in [0.15, 0.2) is 0 Å². The van der Waals surface area contributed by atoms with Gasteiger partial charge < -0.3 is 5.73 Å². The first-order valence-corrected chi connectivity index (χ1v) is 7.79. The zero-order valence-corrected chi connectivity index (χ0v) is 12.4. The fourth-order valence-corrected chi connectivity index (χ4v) is 2.89. The SMILES string of the molecule is Cc1ccc(S(=O)(=O)NCc2ccccc2C)cc1N. The van der Waals surface area contributed by atoms with Crippen molar-refractivity contribution < 1.29 is 8.42 Å². The molecule has 5 heteroatoms. The summed E-state index contributed by atoms with van der Waals surface area (Å²) in [4.78, 5) is 0.189. The fraction of sp³-hybridized carbons (Fsp3) is 0.200. The number of aryl methyl sites for hydroxylation is 2.